The van der Waals surface area contributed by atoms with Crippen molar-refractivity contribution in [3.05, 3.63) is 48.3 Å². The molecule has 0 radical (unpaired) electrons. The van der Waals surface area contributed by atoms with Crippen LogP contribution in [0.25, 0.3) is 0 Å². The minimum Gasteiger partial charge on any atom is -0.465 e. The highest BCUT2D eigenvalue weighted by Gasteiger charge is 2.50. The van der Waals surface area contributed by atoms with Crippen LogP contribution in [0.2, 0.25) is 0 Å². The molecule has 0 saturated carbocycles. The zero-order valence-corrected chi connectivity index (χ0v) is 12.9. The molecule has 23 heavy (non-hydrogen) atoms. The number of esters is 1. The standard InChI is InChI=1S/C17H17N3O3/c1-3-23-16(22)17(2)13-5-4-12(10-14(13)20-15(17)21)19-11-6-8-18-9-7-11/h4-10H,3H2,1-2H3,(H,18,19)(H,20,21). The first-order chi connectivity index (χ1) is 11.1. The van der Waals surface area contributed by atoms with Gasteiger partial charge >= 0.3 is 5.97 Å². The lowest BCUT2D eigenvalue weighted by molar-refractivity contribution is -0.152. The third-order valence-electron chi connectivity index (χ3n) is 3.91. The average molecular weight is 311 g/mol. The number of aromatic nitrogens is 1. The number of amides is 1. The zero-order chi connectivity index (χ0) is 16.4. The molecule has 1 aliphatic heterocycles. The van der Waals surface area contributed by atoms with E-state index in [4.69, 9.17) is 4.74 Å². The molecular weight excluding hydrogens is 294 g/mol. The monoisotopic (exact) mass is 311 g/mol. The molecule has 0 fully saturated rings. The number of benzene rings is 1. The Morgan fingerprint density at radius 3 is 2.70 bits per heavy atom. The number of nitrogens with zero attached hydrogens (tertiary/aromatic N) is 1. The van der Waals surface area contributed by atoms with E-state index < -0.39 is 11.4 Å². The van der Waals surface area contributed by atoms with E-state index in [0.29, 0.717) is 11.3 Å². The summed E-state index contributed by atoms with van der Waals surface area (Å²) < 4.78 is 5.06. The largest absolute Gasteiger partial charge is 0.465 e. The number of anilines is 3. The van der Waals surface area contributed by atoms with Gasteiger partial charge in [-0.2, -0.15) is 0 Å². The van der Waals surface area contributed by atoms with Crippen LogP contribution in [0.1, 0.15) is 19.4 Å². The Balaban J connectivity index is 1.92. The highest BCUT2D eigenvalue weighted by molar-refractivity contribution is 6.19. The molecule has 0 saturated heterocycles. The summed E-state index contributed by atoms with van der Waals surface area (Å²) in [5, 5.41) is 5.98. The molecule has 1 aliphatic rings. The van der Waals surface area contributed by atoms with E-state index in [2.05, 4.69) is 15.6 Å². The fraction of sp³-hybridized carbons (Fsp3) is 0.235. The first-order valence-electron chi connectivity index (χ1n) is 7.36. The lowest BCUT2D eigenvalue weighted by Crippen LogP contribution is -2.40. The highest BCUT2D eigenvalue weighted by atomic mass is 16.5. The van der Waals surface area contributed by atoms with Crippen LogP contribution in [0.3, 0.4) is 0 Å². The smallest absolute Gasteiger partial charge is 0.326 e. The predicted molar refractivity (Wildman–Crippen MR) is 86.6 cm³/mol. The lowest BCUT2D eigenvalue weighted by atomic mass is 9.84. The zero-order valence-electron chi connectivity index (χ0n) is 12.9. The molecule has 1 unspecified atom stereocenters. The maximum atomic E-state index is 12.3. The summed E-state index contributed by atoms with van der Waals surface area (Å²) in [4.78, 5) is 28.5. The molecule has 1 aromatic heterocycles. The number of ether oxygens (including phenoxy) is 1. The number of carbonyl (C=O) groups excluding carboxylic acids is 2. The van der Waals surface area contributed by atoms with Gasteiger partial charge in [0.1, 0.15) is 0 Å². The maximum absolute atomic E-state index is 12.3. The number of hydrogen-bond acceptors (Lipinski definition) is 5. The summed E-state index contributed by atoms with van der Waals surface area (Å²) in [7, 11) is 0. The molecule has 2 aromatic rings. The number of nitrogens with one attached hydrogen (secondary N) is 2. The van der Waals surface area contributed by atoms with Gasteiger partial charge in [-0.3, -0.25) is 14.6 Å². The van der Waals surface area contributed by atoms with Crippen molar-refractivity contribution in [1.82, 2.24) is 4.98 Å². The Bertz CT molecular complexity index is 761. The van der Waals surface area contributed by atoms with Crippen molar-refractivity contribution in [2.24, 2.45) is 0 Å². The topological polar surface area (TPSA) is 80.3 Å². The summed E-state index contributed by atoms with van der Waals surface area (Å²) in [5.41, 5.74) is 1.63. The summed E-state index contributed by atoms with van der Waals surface area (Å²) in [6.07, 6.45) is 3.38. The molecule has 1 amide bonds. The number of rotatable bonds is 4. The van der Waals surface area contributed by atoms with Crippen molar-refractivity contribution in [3.63, 3.8) is 0 Å². The predicted octanol–water partition coefficient (Wildman–Crippen LogP) is 2.60. The average Bonchev–Trinajstić information content (AvgIpc) is 2.80. The van der Waals surface area contributed by atoms with E-state index in [0.717, 1.165) is 11.4 Å². The van der Waals surface area contributed by atoms with Crippen molar-refractivity contribution in [3.8, 4) is 0 Å². The van der Waals surface area contributed by atoms with Gasteiger partial charge in [0.25, 0.3) is 0 Å². The number of carbonyl (C=O) groups is 2. The van der Waals surface area contributed by atoms with Crippen LogP contribution in [-0.2, 0) is 19.7 Å². The van der Waals surface area contributed by atoms with Crippen LogP contribution in [0.5, 0.6) is 0 Å². The van der Waals surface area contributed by atoms with Crippen LogP contribution in [0, 0.1) is 0 Å². The maximum Gasteiger partial charge on any atom is 0.326 e. The van der Waals surface area contributed by atoms with E-state index in [9.17, 15) is 9.59 Å². The molecule has 3 rings (SSSR count). The van der Waals surface area contributed by atoms with Gasteiger partial charge in [0.2, 0.25) is 5.91 Å². The SMILES string of the molecule is CCOC(=O)C1(C)C(=O)Nc2cc(Nc3ccncc3)ccc21. The second kappa shape index (κ2) is 5.72. The Labute approximate surface area is 133 Å². The number of hydrogen-bond donors (Lipinski definition) is 2. The Kier molecular flexibility index (Phi) is 3.73. The Morgan fingerprint density at radius 1 is 1.26 bits per heavy atom. The van der Waals surface area contributed by atoms with Crippen LogP contribution < -0.4 is 10.6 Å². The third kappa shape index (κ3) is 2.52. The van der Waals surface area contributed by atoms with Gasteiger partial charge in [0.15, 0.2) is 5.41 Å². The first-order valence-corrected chi connectivity index (χ1v) is 7.36. The van der Waals surface area contributed by atoms with Gasteiger partial charge < -0.3 is 15.4 Å². The molecule has 1 atom stereocenters. The van der Waals surface area contributed by atoms with E-state index in [1.54, 1.807) is 38.4 Å². The molecular formula is C17H17N3O3. The fourth-order valence-electron chi connectivity index (χ4n) is 2.61. The quantitative estimate of drug-likeness (QED) is 0.670. The van der Waals surface area contributed by atoms with Crippen molar-refractivity contribution < 1.29 is 14.3 Å². The van der Waals surface area contributed by atoms with E-state index in [1.807, 2.05) is 18.2 Å². The molecule has 0 spiro atoms. The van der Waals surface area contributed by atoms with Gasteiger partial charge in [-0.05, 0) is 38.1 Å². The Morgan fingerprint density at radius 2 is 2.00 bits per heavy atom. The lowest BCUT2D eigenvalue weighted by Gasteiger charge is -2.19. The minimum atomic E-state index is -1.31. The van der Waals surface area contributed by atoms with Gasteiger partial charge in [-0.25, -0.2) is 0 Å². The van der Waals surface area contributed by atoms with Gasteiger partial charge in [-0.1, -0.05) is 6.07 Å². The van der Waals surface area contributed by atoms with Crippen molar-refractivity contribution in [1.29, 1.82) is 0 Å². The van der Waals surface area contributed by atoms with Crippen molar-refractivity contribution in [2.45, 2.75) is 19.3 Å². The number of fused-ring (bicyclic) bond motifs is 1. The number of pyridine rings is 1. The summed E-state index contributed by atoms with van der Waals surface area (Å²) in [5.74, 6) is -0.905. The molecule has 2 N–H and O–H groups in total. The molecule has 1 aromatic carbocycles. The molecule has 6 nitrogen and oxygen atoms in total. The van der Waals surface area contributed by atoms with Crippen LogP contribution >= 0.6 is 0 Å². The van der Waals surface area contributed by atoms with Gasteiger partial charge in [0.05, 0.1) is 6.61 Å². The van der Waals surface area contributed by atoms with Crippen molar-refractivity contribution in [2.75, 3.05) is 17.2 Å². The Hall–Kier alpha value is -2.89. The first kappa shape index (κ1) is 15.0. The minimum absolute atomic E-state index is 0.235. The van der Waals surface area contributed by atoms with E-state index in [1.165, 1.54) is 0 Å². The highest BCUT2D eigenvalue weighted by Crippen LogP contribution is 2.40. The third-order valence-corrected chi connectivity index (χ3v) is 3.91. The second-order valence-corrected chi connectivity index (χ2v) is 5.42. The summed E-state index contributed by atoms with van der Waals surface area (Å²) >= 11 is 0. The van der Waals surface area contributed by atoms with Gasteiger partial charge in [0, 0.05) is 35.0 Å². The molecule has 6 heteroatoms. The van der Waals surface area contributed by atoms with E-state index >= 15 is 0 Å². The van der Waals surface area contributed by atoms with Crippen LogP contribution in [0.15, 0.2) is 42.7 Å². The normalized spacial score (nSPS) is 19.0. The molecule has 118 valence electrons. The summed E-state index contributed by atoms with van der Waals surface area (Å²) in [6, 6.07) is 9.09. The van der Waals surface area contributed by atoms with E-state index in [-0.39, 0.29) is 12.5 Å². The van der Waals surface area contributed by atoms with Crippen molar-refractivity contribution >= 4 is 28.9 Å². The van der Waals surface area contributed by atoms with Crippen LogP contribution in [-0.4, -0.2) is 23.5 Å². The van der Waals surface area contributed by atoms with Crippen LogP contribution in [0.4, 0.5) is 17.1 Å². The van der Waals surface area contributed by atoms with Gasteiger partial charge in [-0.15, -0.1) is 0 Å². The molecule has 2 heterocycles. The molecule has 0 aliphatic carbocycles. The molecule has 0 bridgehead atoms. The second-order valence-electron chi connectivity index (χ2n) is 5.42. The summed E-state index contributed by atoms with van der Waals surface area (Å²) in [6.45, 7) is 3.54. The fourth-order valence-corrected chi connectivity index (χ4v) is 2.61.